The summed E-state index contributed by atoms with van der Waals surface area (Å²) >= 11 is 0. The van der Waals surface area contributed by atoms with E-state index in [0.717, 1.165) is 16.7 Å². The van der Waals surface area contributed by atoms with Gasteiger partial charge in [-0.15, -0.1) is 0 Å². The van der Waals surface area contributed by atoms with E-state index in [1.54, 1.807) is 19.1 Å². The van der Waals surface area contributed by atoms with Gasteiger partial charge >= 0.3 is 0 Å². The number of hydrogen-bond donors (Lipinski definition) is 0. The molecule has 3 aromatic rings. The number of carbonyl (C=O) groups is 1. The van der Waals surface area contributed by atoms with Crippen LogP contribution in [-0.4, -0.2) is 38.2 Å². The van der Waals surface area contributed by atoms with E-state index < -0.39 is 6.04 Å². The van der Waals surface area contributed by atoms with Gasteiger partial charge in [0, 0.05) is 13.7 Å². The summed E-state index contributed by atoms with van der Waals surface area (Å²) in [5.74, 6) is 0.467. The Bertz CT molecular complexity index is 1160. The van der Waals surface area contributed by atoms with Crippen LogP contribution in [0.2, 0.25) is 0 Å². The molecule has 0 saturated heterocycles. The Kier molecular flexibility index (Phi) is 4.88. The maximum absolute atomic E-state index is 13.5. The maximum atomic E-state index is 13.5. The van der Waals surface area contributed by atoms with Crippen molar-refractivity contribution in [1.29, 1.82) is 0 Å². The highest BCUT2D eigenvalue weighted by Crippen LogP contribution is 2.39. The van der Waals surface area contributed by atoms with E-state index in [4.69, 9.17) is 13.9 Å². The topological polar surface area (TPSA) is 69.0 Å². The highest BCUT2D eigenvalue weighted by atomic mass is 16.5. The Morgan fingerprint density at radius 2 is 1.90 bits per heavy atom. The predicted molar refractivity (Wildman–Crippen MR) is 110 cm³/mol. The monoisotopic (exact) mass is 393 g/mol. The number of rotatable bonds is 5. The van der Waals surface area contributed by atoms with Gasteiger partial charge in [-0.05, 0) is 48.7 Å². The molecule has 0 bridgehead atoms. The van der Waals surface area contributed by atoms with Crippen LogP contribution in [0.4, 0.5) is 0 Å². The molecule has 0 radical (unpaired) electrons. The van der Waals surface area contributed by atoms with E-state index in [2.05, 4.69) is 0 Å². The Hall–Kier alpha value is -3.12. The molecule has 1 aliphatic rings. The first-order chi connectivity index (χ1) is 14.0. The molecule has 4 rings (SSSR count). The molecule has 1 atom stereocenters. The minimum Gasteiger partial charge on any atom is -0.497 e. The van der Waals surface area contributed by atoms with Gasteiger partial charge in [0.15, 0.2) is 5.43 Å². The van der Waals surface area contributed by atoms with Crippen LogP contribution in [0.1, 0.15) is 38.9 Å². The van der Waals surface area contributed by atoms with Crippen molar-refractivity contribution in [2.75, 3.05) is 27.4 Å². The van der Waals surface area contributed by atoms with E-state index in [-0.39, 0.29) is 17.1 Å². The SMILES string of the molecule is COCCN1C(=O)c2oc3c(C)cc(C)cc3c(=O)c2C1c1cccc(OC)c1. The number of amides is 1. The standard InChI is InChI=1S/C23H23NO5/c1-13-10-14(2)21-17(11-13)20(25)18-19(15-6-5-7-16(12-15)28-4)24(8-9-27-3)23(26)22(18)29-21/h5-7,10-12,19H,8-9H2,1-4H3. The summed E-state index contributed by atoms with van der Waals surface area (Å²) in [5.41, 5.74) is 3.27. The van der Waals surface area contributed by atoms with Crippen LogP contribution in [0.15, 0.2) is 45.6 Å². The van der Waals surface area contributed by atoms with E-state index in [9.17, 15) is 9.59 Å². The molecule has 0 spiro atoms. The molecule has 6 nitrogen and oxygen atoms in total. The molecular formula is C23H23NO5. The summed E-state index contributed by atoms with van der Waals surface area (Å²) in [6.45, 7) is 4.52. The number of carbonyl (C=O) groups excluding carboxylic acids is 1. The van der Waals surface area contributed by atoms with Crippen LogP contribution in [0.3, 0.4) is 0 Å². The van der Waals surface area contributed by atoms with Crippen molar-refractivity contribution in [3.05, 3.63) is 74.6 Å². The maximum Gasteiger partial charge on any atom is 0.290 e. The zero-order valence-corrected chi connectivity index (χ0v) is 16.9. The molecule has 0 N–H and O–H groups in total. The lowest BCUT2D eigenvalue weighted by molar-refractivity contribution is 0.0663. The third kappa shape index (κ3) is 3.09. The van der Waals surface area contributed by atoms with Crippen molar-refractivity contribution in [3.63, 3.8) is 0 Å². The molecule has 1 amide bonds. The van der Waals surface area contributed by atoms with Crippen molar-refractivity contribution >= 4 is 16.9 Å². The van der Waals surface area contributed by atoms with Gasteiger partial charge in [0.05, 0.1) is 30.7 Å². The predicted octanol–water partition coefficient (Wildman–Crippen LogP) is 3.61. The van der Waals surface area contributed by atoms with Crippen LogP contribution in [0.25, 0.3) is 11.0 Å². The average Bonchev–Trinajstić information content (AvgIpc) is 2.99. The lowest BCUT2D eigenvalue weighted by Crippen LogP contribution is -2.32. The summed E-state index contributed by atoms with van der Waals surface area (Å²) in [6.07, 6.45) is 0. The van der Waals surface area contributed by atoms with Crippen molar-refractivity contribution in [1.82, 2.24) is 4.90 Å². The molecule has 2 heterocycles. The van der Waals surface area contributed by atoms with Gasteiger partial charge in [-0.3, -0.25) is 9.59 Å². The van der Waals surface area contributed by atoms with Gasteiger partial charge in [0.25, 0.3) is 5.91 Å². The third-order valence-corrected chi connectivity index (χ3v) is 5.34. The van der Waals surface area contributed by atoms with Gasteiger partial charge in [-0.2, -0.15) is 0 Å². The first-order valence-electron chi connectivity index (χ1n) is 9.48. The van der Waals surface area contributed by atoms with E-state index in [0.29, 0.717) is 35.4 Å². The normalized spacial score (nSPS) is 15.8. The summed E-state index contributed by atoms with van der Waals surface area (Å²) in [6, 6.07) is 10.6. The Morgan fingerprint density at radius 3 is 2.62 bits per heavy atom. The molecule has 0 fully saturated rings. The minimum absolute atomic E-state index is 0.110. The van der Waals surface area contributed by atoms with Crippen molar-refractivity contribution in [2.45, 2.75) is 19.9 Å². The molecule has 0 saturated carbocycles. The van der Waals surface area contributed by atoms with Crippen LogP contribution in [-0.2, 0) is 4.74 Å². The van der Waals surface area contributed by atoms with Gasteiger partial charge in [-0.1, -0.05) is 18.2 Å². The van der Waals surface area contributed by atoms with E-state index >= 15 is 0 Å². The van der Waals surface area contributed by atoms with Gasteiger partial charge < -0.3 is 18.8 Å². The average molecular weight is 393 g/mol. The molecule has 1 aliphatic heterocycles. The molecule has 150 valence electrons. The summed E-state index contributed by atoms with van der Waals surface area (Å²) in [5, 5.41) is 0.496. The van der Waals surface area contributed by atoms with Crippen molar-refractivity contribution in [3.8, 4) is 5.75 Å². The second kappa shape index (κ2) is 7.37. The lowest BCUT2D eigenvalue weighted by atomic mass is 9.97. The van der Waals surface area contributed by atoms with Gasteiger partial charge in [0.1, 0.15) is 11.3 Å². The molecule has 2 aromatic carbocycles. The number of ether oxygens (including phenoxy) is 2. The van der Waals surface area contributed by atoms with Crippen LogP contribution >= 0.6 is 0 Å². The summed E-state index contributed by atoms with van der Waals surface area (Å²) in [7, 11) is 3.17. The van der Waals surface area contributed by atoms with E-state index in [1.165, 1.54) is 0 Å². The second-order valence-electron chi connectivity index (χ2n) is 7.30. The molecule has 1 unspecified atom stereocenters. The number of hydrogen-bond acceptors (Lipinski definition) is 5. The highest BCUT2D eigenvalue weighted by molar-refractivity contribution is 5.99. The molecule has 1 aromatic heterocycles. The highest BCUT2D eigenvalue weighted by Gasteiger charge is 2.42. The number of benzene rings is 2. The van der Waals surface area contributed by atoms with E-state index in [1.807, 2.05) is 50.2 Å². The van der Waals surface area contributed by atoms with Crippen LogP contribution < -0.4 is 10.2 Å². The number of nitrogens with zero attached hydrogens (tertiary/aromatic N) is 1. The van der Waals surface area contributed by atoms with Crippen molar-refractivity contribution < 1.29 is 18.7 Å². The fourth-order valence-corrected chi connectivity index (χ4v) is 4.05. The van der Waals surface area contributed by atoms with Crippen LogP contribution in [0.5, 0.6) is 5.75 Å². The smallest absolute Gasteiger partial charge is 0.290 e. The van der Waals surface area contributed by atoms with Crippen molar-refractivity contribution in [2.24, 2.45) is 0 Å². The molecular weight excluding hydrogens is 370 g/mol. The largest absolute Gasteiger partial charge is 0.497 e. The molecule has 29 heavy (non-hydrogen) atoms. The Balaban J connectivity index is 2.00. The molecule has 6 heteroatoms. The van der Waals surface area contributed by atoms with Gasteiger partial charge in [0.2, 0.25) is 5.76 Å². The van der Waals surface area contributed by atoms with Gasteiger partial charge in [-0.25, -0.2) is 0 Å². The lowest BCUT2D eigenvalue weighted by Gasteiger charge is -2.25. The second-order valence-corrected chi connectivity index (χ2v) is 7.30. The fourth-order valence-electron chi connectivity index (χ4n) is 4.05. The fraction of sp³-hybridized carbons (Fsp3) is 0.304. The number of aryl methyl sites for hydroxylation is 2. The van der Waals surface area contributed by atoms with Crippen LogP contribution in [0, 0.1) is 13.8 Å². The zero-order chi connectivity index (χ0) is 20.7. The molecule has 0 aliphatic carbocycles. The third-order valence-electron chi connectivity index (χ3n) is 5.34. The number of methoxy groups -OCH3 is 2. The summed E-state index contributed by atoms with van der Waals surface area (Å²) in [4.78, 5) is 28.4. The Labute approximate surface area is 168 Å². The first kappa shape index (κ1) is 19.2. The Morgan fingerprint density at radius 1 is 1.10 bits per heavy atom. The zero-order valence-electron chi connectivity index (χ0n) is 16.9. The summed E-state index contributed by atoms with van der Waals surface area (Å²) < 4.78 is 16.6. The first-order valence-corrected chi connectivity index (χ1v) is 9.48. The number of fused-ring (bicyclic) bond motifs is 2. The quantitative estimate of drug-likeness (QED) is 0.662. The minimum atomic E-state index is -0.552.